The molecular formula is C10H15NO2. The van der Waals surface area contributed by atoms with Crippen LogP contribution in [0.2, 0.25) is 0 Å². The van der Waals surface area contributed by atoms with Gasteiger partial charge in [-0.05, 0) is 12.5 Å². The van der Waals surface area contributed by atoms with E-state index in [1.165, 1.54) is 0 Å². The summed E-state index contributed by atoms with van der Waals surface area (Å²) in [6.45, 7) is 1.90. The molecule has 0 saturated heterocycles. The van der Waals surface area contributed by atoms with Crippen LogP contribution in [0.3, 0.4) is 0 Å². The zero-order valence-electron chi connectivity index (χ0n) is 7.64. The molecule has 0 bridgehead atoms. The second-order valence-corrected chi connectivity index (χ2v) is 3.08. The number of hydrogen-bond donors (Lipinski definition) is 3. The van der Waals surface area contributed by atoms with E-state index in [9.17, 15) is 10.2 Å². The van der Waals surface area contributed by atoms with Crippen molar-refractivity contribution >= 4 is 0 Å². The maximum absolute atomic E-state index is 9.68. The number of nitrogens with two attached hydrogens (primary N) is 1. The molecule has 13 heavy (non-hydrogen) atoms. The Morgan fingerprint density at radius 2 is 2.00 bits per heavy atom. The lowest BCUT2D eigenvalue weighted by Gasteiger charge is -2.18. The fourth-order valence-corrected chi connectivity index (χ4v) is 1.19. The lowest BCUT2D eigenvalue weighted by molar-refractivity contribution is 0.141. The van der Waals surface area contributed by atoms with Crippen LogP contribution in [0.4, 0.5) is 0 Å². The highest BCUT2D eigenvalue weighted by atomic mass is 16.3. The van der Waals surface area contributed by atoms with Crippen molar-refractivity contribution < 1.29 is 10.2 Å². The smallest absolute Gasteiger partial charge is 0.121 e. The van der Waals surface area contributed by atoms with Gasteiger partial charge in [-0.3, -0.25) is 0 Å². The Morgan fingerprint density at radius 3 is 2.54 bits per heavy atom. The van der Waals surface area contributed by atoms with Crippen LogP contribution in [0.25, 0.3) is 0 Å². The van der Waals surface area contributed by atoms with Crippen LogP contribution in [0.5, 0.6) is 5.75 Å². The Labute approximate surface area is 77.8 Å². The van der Waals surface area contributed by atoms with E-state index in [2.05, 4.69) is 0 Å². The van der Waals surface area contributed by atoms with Crippen LogP contribution < -0.4 is 5.73 Å². The van der Waals surface area contributed by atoms with Crippen molar-refractivity contribution in [3.63, 3.8) is 0 Å². The lowest BCUT2D eigenvalue weighted by atomic mass is 10.0. The summed E-state index contributed by atoms with van der Waals surface area (Å²) in [6.07, 6.45) is -0.110. The second kappa shape index (κ2) is 4.25. The zero-order chi connectivity index (χ0) is 9.84. The van der Waals surface area contributed by atoms with Gasteiger partial charge in [-0.25, -0.2) is 0 Å². The average Bonchev–Trinajstić information content (AvgIpc) is 2.16. The first kappa shape index (κ1) is 10.0. The van der Waals surface area contributed by atoms with Gasteiger partial charge in [-0.15, -0.1) is 0 Å². The predicted octanol–water partition coefficient (Wildman–Crippen LogP) is 1.16. The van der Waals surface area contributed by atoms with Gasteiger partial charge in [0.05, 0.1) is 6.10 Å². The highest BCUT2D eigenvalue weighted by molar-refractivity contribution is 5.34. The van der Waals surface area contributed by atoms with Gasteiger partial charge in [0.25, 0.3) is 0 Å². The molecule has 0 fully saturated rings. The standard InChI is InChI=1S/C10H15NO2/c1-2-8(11)10(13)7-5-3-4-6-9(7)12/h3-6,8,10,12-13H,2,11H2,1H3/t8-,10+/m1/s1. The molecule has 0 radical (unpaired) electrons. The van der Waals surface area contributed by atoms with Crippen molar-refractivity contribution in [1.29, 1.82) is 0 Å². The Balaban J connectivity index is 2.88. The fraction of sp³-hybridized carbons (Fsp3) is 0.400. The number of aliphatic hydroxyl groups is 1. The summed E-state index contributed by atoms with van der Waals surface area (Å²) < 4.78 is 0. The second-order valence-electron chi connectivity index (χ2n) is 3.08. The third-order valence-corrected chi connectivity index (χ3v) is 2.13. The molecular weight excluding hydrogens is 166 g/mol. The molecule has 72 valence electrons. The summed E-state index contributed by atoms with van der Waals surface area (Å²) in [6, 6.07) is 6.37. The topological polar surface area (TPSA) is 66.5 Å². The maximum atomic E-state index is 9.68. The molecule has 0 heterocycles. The van der Waals surface area contributed by atoms with E-state index >= 15 is 0 Å². The highest BCUT2D eigenvalue weighted by Gasteiger charge is 2.17. The Morgan fingerprint density at radius 1 is 1.38 bits per heavy atom. The predicted molar refractivity (Wildman–Crippen MR) is 51.3 cm³/mol. The molecule has 3 nitrogen and oxygen atoms in total. The zero-order valence-corrected chi connectivity index (χ0v) is 7.64. The quantitative estimate of drug-likeness (QED) is 0.655. The van der Waals surface area contributed by atoms with Crippen LogP contribution >= 0.6 is 0 Å². The minimum atomic E-state index is -0.786. The first-order chi connectivity index (χ1) is 6.16. The first-order valence-electron chi connectivity index (χ1n) is 4.38. The van der Waals surface area contributed by atoms with Gasteiger partial charge >= 0.3 is 0 Å². The van der Waals surface area contributed by atoms with Crippen LogP contribution in [0, 0.1) is 0 Å². The van der Waals surface area contributed by atoms with Crippen molar-refractivity contribution in [2.45, 2.75) is 25.5 Å². The summed E-state index contributed by atoms with van der Waals surface area (Å²) in [4.78, 5) is 0. The molecule has 0 aliphatic carbocycles. The van der Waals surface area contributed by atoms with Gasteiger partial charge in [0.2, 0.25) is 0 Å². The molecule has 0 unspecified atom stereocenters. The normalized spacial score (nSPS) is 15.3. The molecule has 2 atom stereocenters. The molecule has 0 saturated carbocycles. The molecule has 3 heteroatoms. The minimum Gasteiger partial charge on any atom is -0.508 e. The van der Waals surface area contributed by atoms with Gasteiger partial charge in [0, 0.05) is 11.6 Å². The van der Waals surface area contributed by atoms with Crippen LogP contribution in [0.15, 0.2) is 24.3 Å². The monoisotopic (exact) mass is 181 g/mol. The van der Waals surface area contributed by atoms with Gasteiger partial charge in [-0.1, -0.05) is 25.1 Å². The fourth-order valence-electron chi connectivity index (χ4n) is 1.19. The van der Waals surface area contributed by atoms with Crippen molar-refractivity contribution in [1.82, 2.24) is 0 Å². The summed E-state index contributed by atoms with van der Waals surface area (Å²) in [5.74, 6) is 0.0962. The molecule has 1 rings (SSSR count). The molecule has 0 amide bonds. The SMILES string of the molecule is CC[C@@H](N)[C@@H](O)c1ccccc1O. The number of benzene rings is 1. The first-order valence-corrected chi connectivity index (χ1v) is 4.38. The number of phenols is 1. The van der Waals surface area contributed by atoms with Gasteiger partial charge in [-0.2, -0.15) is 0 Å². The van der Waals surface area contributed by atoms with E-state index < -0.39 is 6.10 Å². The highest BCUT2D eigenvalue weighted by Crippen LogP contribution is 2.25. The summed E-state index contributed by atoms with van der Waals surface area (Å²) in [5.41, 5.74) is 6.15. The van der Waals surface area contributed by atoms with E-state index in [1.54, 1.807) is 24.3 Å². The third-order valence-electron chi connectivity index (χ3n) is 2.13. The van der Waals surface area contributed by atoms with Crippen LogP contribution in [-0.4, -0.2) is 16.3 Å². The third kappa shape index (κ3) is 2.20. The van der Waals surface area contributed by atoms with Crippen molar-refractivity contribution in [3.05, 3.63) is 29.8 Å². The molecule has 1 aromatic rings. The number of phenolic OH excluding ortho intramolecular Hbond substituents is 1. The Kier molecular flexibility index (Phi) is 3.28. The van der Waals surface area contributed by atoms with E-state index in [-0.39, 0.29) is 11.8 Å². The van der Waals surface area contributed by atoms with Crippen LogP contribution in [-0.2, 0) is 0 Å². The van der Waals surface area contributed by atoms with Crippen molar-refractivity contribution in [2.75, 3.05) is 0 Å². The number of rotatable bonds is 3. The Bertz CT molecular complexity index is 275. The van der Waals surface area contributed by atoms with E-state index in [0.29, 0.717) is 12.0 Å². The van der Waals surface area contributed by atoms with Gasteiger partial charge in [0.1, 0.15) is 5.75 Å². The molecule has 0 aliphatic rings. The average molecular weight is 181 g/mol. The van der Waals surface area contributed by atoms with E-state index in [0.717, 1.165) is 0 Å². The van der Waals surface area contributed by atoms with E-state index in [4.69, 9.17) is 5.73 Å². The number of hydrogen-bond acceptors (Lipinski definition) is 3. The Hall–Kier alpha value is -1.06. The molecule has 4 N–H and O–H groups in total. The molecule has 1 aromatic carbocycles. The van der Waals surface area contributed by atoms with Crippen molar-refractivity contribution in [3.8, 4) is 5.75 Å². The van der Waals surface area contributed by atoms with Gasteiger partial charge in [0.15, 0.2) is 0 Å². The number of para-hydroxylation sites is 1. The van der Waals surface area contributed by atoms with Crippen LogP contribution in [0.1, 0.15) is 25.0 Å². The summed E-state index contributed by atoms with van der Waals surface area (Å²) in [7, 11) is 0. The number of aromatic hydroxyl groups is 1. The summed E-state index contributed by atoms with van der Waals surface area (Å²) in [5, 5.41) is 19.1. The molecule has 0 spiro atoms. The minimum absolute atomic E-state index is 0.0962. The molecule has 0 aromatic heterocycles. The van der Waals surface area contributed by atoms with Crippen molar-refractivity contribution in [2.24, 2.45) is 5.73 Å². The van der Waals surface area contributed by atoms with E-state index in [1.807, 2.05) is 6.92 Å². The number of aliphatic hydroxyl groups excluding tert-OH is 1. The van der Waals surface area contributed by atoms with Gasteiger partial charge < -0.3 is 15.9 Å². The summed E-state index contributed by atoms with van der Waals surface area (Å²) >= 11 is 0. The maximum Gasteiger partial charge on any atom is 0.121 e. The lowest BCUT2D eigenvalue weighted by Crippen LogP contribution is -2.27. The largest absolute Gasteiger partial charge is 0.508 e. The molecule has 0 aliphatic heterocycles.